The maximum Gasteiger partial charge on any atom is 0.261 e. The van der Waals surface area contributed by atoms with E-state index in [0.29, 0.717) is 0 Å². The smallest absolute Gasteiger partial charge is 0.261 e. The van der Waals surface area contributed by atoms with E-state index in [1.807, 2.05) is 32.9 Å². The number of carbonyl (C=O) groups is 1. The molecule has 3 heteroatoms. The number of ether oxygens (including phenoxy) is 1. The second-order valence-corrected chi connectivity index (χ2v) is 6.67. The lowest BCUT2D eigenvalue weighted by molar-refractivity contribution is -0.127. The molecule has 24 heavy (non-hydrogen) atoms. The molecule has 0 spiro atoms. The Balaban J connectivity index is 2.02. The predicted octanol–water partition coefficient (Wildman–Crippen LogP) is 4.56. The lowest BCUT2D eigenvalue weighted by Gasteiger charge is -2.21. The number of benzene rings is 2. The monoisotopic (exact) mass is 325 g/mol. The molecule has 2 aromatic rings. The Morgan fingerprint density at radius 2 is 1.54 bits per heavy atom. The van der Waals surface area contributed by atoms with Crippen LogP contribution in [0.5, 0.6) is 5.75 Å². The summed E-state index contributed by atoms with van der Waals surface area (Å²) >= 11 is 0. The Bertz CT molecular complexity index is 716. The molecular weight excluding hydrogens is 298 g/mol. The molecule has 0 aliphatic carbocycles. The highest BCUT2D eigenvalue weighted by molar-refractivity contribution is 5.81. The van der Waals surface area contributed by atoms with Gasteiger partial charge in [-0.3, -0.25) is 4.79 Å². The van der Waals surface area contributed by atoms with E-state index in [-0.39, 0.29) is 11.9 Å². The van der Waals surface area contributed by atoms with E-state index < -0.39 is 6.10 Å². The van der Waals surface area contributed by atoms with Crippen LogP contribution >= 0.6 is 0 Å². The Morgan fingerprint density at radius 3 is 2.12 bits per heavy atom. The SMILES string of the molecule is Cc1cc(C)cc(O[C@@H](C)C(=O)N[C@H](C)c2ccc(C)cc2C)c1. The summed E-state index contributed by atoms with van der Waals surface area (Å²) in [5.74, 6) is 0.621. The van der Waals surface area contributed by atoms with Gasteiger partial charge in [0, 0.05) is 0 Å². The molecule has 0 bridgehead atoms. The van der Waals surface area contributed by atoms with Crippen LogP contribution in [0.25, 0.3) is 0 Å². The van der Waals surface area contributed by atoms with Gasteiger partial charge < -0.3 is 10.1 Å². The van der Waals surface area contributed by atoms with Gasteiger partial charge in [0.05, 0.1) is 6.04 Å². The van der Waals surface area contributed by atoms with Crippen molar-refractivity contribution >= 4 is 5.91 Å². The minimum atomic E-state index is -0.542. The third kappa shape index (κ3) is 4.60. The molecule has 128 valence electrons. The van der Waals surface area contributed by atoms with Crippen molar-refractivity contribution in [2.75, 3.05) is 0 Å². The number of hydrogen-bond acceptors (Lipinski definition) is 2. The van der Waals surface area contributed by atoms with Gasteiger partial charge in [-0.05, 0) is 75.9 Å². The summed E-state index contributed by atoms with van der Waals surface area (Å²) in [6.07, 6.45) is -0.542. The van der Waals surface area contributed by atoms with Crippen LogP contribution in [-0.4, -0.2) is 12.0 Å². The molecule has 2 atom stereocenters. The summed E-state index contributed by atoms with van der Waals surface area (Å²) in [5.41, 5.74) is 5.79. The fourth-order valence-corrected chi connectivity index (χ4v) is 2.98. The van der Waals surface area contributed by atoms with Crippen LogP contribution < -0.4 is 10.1 Å². The molecular formula is C21H27NO2. The molecule has 0 unspecified atom stereocenters. The Kier molecular flexibility index (Phi) is 5.66. The first-order valence-corrected chi connectivity index (χ1v) is 8.38. The van der Waals surface area contributed by atoms with Crippen LogP contribution in [0.4, 0.5) is 0 Å². The lowest BCUT2D eigenvalue weighted by atomic mass is 10.00. The van der Waals surface area contributed by atoms with E-state index in [4.69, 9.17) is 4.74 Å². The fraction of sp³-hybridized carbons (Fsp3) is 0.381. The van der Waals surface area contributed by atoms with E-state index in [9.17, 15) is 4.79 Å². The Morgan fingerprint density at radius 1 is 0.917 bits per heavy atom. The zero-order valence-electron chi connectivity index (χ0n) is 15.4. The first-order valence-electron chi connectivity index (χ1n) is 8.38. The van der Waals surface area contributed by atoms with Crippen LogP contribution in [-0.2, 0) is 4.79 Å². The Labute approximate surface area is 145 Å². The average molecular weight is 325 g/mol. The third-order valence-corrected chi connectivity index (χ3v) is 4.13. The van der Waals surface area contributed by atoms with Crippen molar-refractivity contribution in [1.29, 1.82) is 0 Å². The first kappa shape index (κ1) is 18.1. The van der Waals surface area contributed by atoms with Gasteiger partial charge in [-0.1, -0.05) is 29.8 Å². The van der Waals surface area contributed by atoms with Crippen molar-refractivity contribution in [1.82, 2.24) is 5.32 Å². The van der Waals surface area contributed by atoms with Crippen LogP contribution in [0, 0.1) is 27.7 Å². The summed E-state index contributed by atoms with van der Waals surface area (Å²) in [5, 5.41) is 3.04. The van der Waals surface area contributed by atoms with Crippen molar-refractivity contribution in [2.24, 2.45) is 0 Å². The van der Waals surface area contributed by atoms with E-state index in [1.54, 1.807) is 6.92 Å². The molecule has 2 rings (SSSR count). The number of hydrogen-bond donors (Lipinski definition) is 1. The van der Waals surface area contributed by atoms with Gasteiger partial charge in [0.2, 0.25) is 0 Å². The zero-order valence-corrected chi connectivity index (χ0v) is 15.4. The minimum absolute atomic E-state index is 0.0524. The van der Waals surface area contributed by atoms with Gasteiger partial charge in [-0.2, -0.15) is 0 Å². The second kappa shape index (κ2) is 7.52. The molecule has 0 saturated heterocycles. The summed E-state index contributed by atoms with van der Waals surface area (Å²) < 4.78 is 5.81. The summed E-state index contributed by atoms with van der Waals surface area (Å²) in [6.45, 7) is 12.0. The molecule has 3 nitrogen and oxygen atoms in total. The van der Waals surface area contributed by atoms with Crippen molar-refractivity contribution in [3.63, 3.8) is 0 Å². The fourth-order valence-electron chi connectivity index (χ4n) is 2.98. The van der Waals surface area contributed by atoms with Gasteiger partial charge in [-0.25, -0.2) is 0 Å². The van der Waals surface area contributed by atoms with Crippen LogP contribution in [0.1, 0.15) is 47.7 Å². The summed E-state index contributed by atoms with van der Waals surface area (Å²) in [7, 11) is 0. The maximum absolute atomic E-state index is 12.4. The van der Waals surface area contributed by atoms with Gasteiger partial charge >= 0.3 is 0 Å². The molecule has 0 aromatic heterocycles. The number of aryl methyl sites for hydroxylation is 4. The number of nitrogens with one attached hydrogen (secondary N) is 1. The standard InChI is InChI=1S/C21H27NO2/c1-13-7-8-20(16(4)10-13)17(5)22-21(23)18(6)24-19-11-14(2)9-15(3)12-19/h7-12,17-18H,1-6H3,(H,22,23)/t17-,18+/m1/s1. The topological polar surface area (TPSA) is 38.3 Å². The van der Waals surface area contributed by atoms with E-state index in [1.165, 1.54) is 11.1 Å². The lowest BCUT2D eigenvalue weighted by Crippen LogP contribution is -2.38. The van der Waals surface area contributed by atoms with E-state index in [2.05, 4.69) is 43.4 Å². The normalized spacial score (nSPS) is 13.2. The van der Waals surface area contributed by atoms with Gasteiger partial charge in [0.15, 0.2) is 6.10 Å². The minimum Gasteiger partial charge on any atom is -0.481 e. The van der Waals surface area contributed by atoms with E-state index in [0.717, 1.165) is 22.4 Å². The molecule has 0 saturated carbocycles. The molecule has 1 amide bonds. The van der Waals surface area contributed by atoms with Crippen molar-refractivity contribution in [3.8, 4) is 5.75 Å². The van der Waals surface area contributed by atoms with Crippen molar-refractivity contribution < 1.29 is 9.53 Å². The highest BCUT2D eigenvalue weighted by atomic mass is 16.5. The maximum atomic E-state index is 12.4. The molecule has 0 heterocycles. The molecule has 0 fully saturated rings. The number of amides is 1. The van der Waals surface area contributed by atoms with Crippen molar-refractivity contribution in [3.05, 3.63) is 64.2 Å². The second-order valence-electron chi connectivity index (χ2n) is 6.67. The highest BCUT2D eigenvalue weighted by Crippen LogP contribution is 2.20. The molecule has 1 N–H and O–H groups in total. The zero-order chi connectivity index (χ0) is 17.9. The number of carbonyl (C=O) groups excluding carboxylic acids is 1. The van der Waals surface area contributed by atoms with E-state index >= 15 is 0 Å². The van der Waals surface area contributed by atoms with Gasteiger partial charge in [-0.15, -0.1) is 0 Å². The summed E-state index contributed by atoms with van der Waals surface area (Å²) in [6, 6.07) is 12.2. The highest BCUT2D eigenvalue weighted by Gasteiger charge is 2.18. The largest absolute Gasteiger partial charge is 0.481 e. The molecule has 0 aliphatic rings. The van der Waals surface area contributed by atoms with Crippen LogP contribution in [0.2, 0.25) is 0 Å². The molecule has 0 aliphatic heterocycles. The van der Waals surface area contributed by atoms with Crippen molar-refractivity contribution in [2.45, 2.75) is 53.7 Å². The average Bonchev–Trinajstić information content (AvgIpc) is 2.45. The number of rotatable bonds is 5. The Hall–Kier alpha value is -2.29. The van der Waals surface area contributed by atoms with Crippen LogP contribution in [0.3, 0.4) is 0 Å². The predicted molar refractivity (Wildman–Crippen MR) is 98.5 cm³/mol. The van der Waals surface area contributed by atoms with Gasteiger partial charge in [0.1, 0.15) is 5.75 Å². The molecule has 2 aromatic carbocycles. The third-order valence-electron chi connectivity index (χ3n) is 4.13. The quantitative estimate of drug-likeness (QED) is 0.875. The first-order chi connectivity index (χ1) is 11.3. The summed E-state index contributed by atoms with van der Waals surface area (Å²) in [4.78, 5) is 12.4. The van der Waals surface area contributed by atoms with Crippen LogP contribution in [0.15, 0.2) is 36.4 Å². The van der Waals surface area contributed by atoms with Gasteiger partial charge in [0.25, 0.3) is 5.91 Å². The molecule has 0 radical (unpaired) electrons.